The SMILES string of the molecule is COC/N=C(\C(=O)NCCc1ccc(OC)c(OC)c1)c1ccc2c(c1)CCCC2. The number of nitrogens with one attached hydrogen (secondary N) is 1. The minimum atomic E-state index is -0.191. The Bertz CT molecular complexity index is 908. The van der Waals surface area contributed by atoms with Gasteiger partial charge in [-0.15, -0.1) is 0 Å². The zero-order chi connectivity index (χ0) is 21.3. The number of hydrogen-bond acceptors (Lipinski definition) is 5. The Kier molecular flexibility index (Phi) is 7.85. The molecule has 6 heteroatoms. The highest BCUT2D eigenvalue weighted by Crippen LogP contribution is 2.27. The van der Waals surface area contributed by atoms with Gasteiger partial charge in [-0.3, -0.25) is 9.79 Å². The summed E-state index contributed by atoms with van der Waals surface area (Å²) in [6, 6.07) is 12.0. The Morgan fingerprint density at radius 1 is 0.967 bits per heavy atom. The third-order valence-corrected chi connectivity index (χ3v) is 5.34. The fourth-order valence-electron chi connectivity index (χ4n) is 3.74. The first-order chi connectivity index (χ1) is 14.7. The van der Waals surface area contributed by atoms with Crippen LogP contribution < -0.4 is 14.8 Å². The molecule has 0 aromatic heterocycles. The Morgan fingerprint density at radius 3 is 2.47 bits per heavy atom. The molecule has 1 aliphatic carbocycles. The summed E-state index contributed by atoms with van der Waals surface area (Å²) in [7, 11) is 4.79. The fraction of sp³-hybridized carbons (Fsp3) is 0.417. The number of carbonyl (C=O) groups is 1. The highest BCUT2D eigenvalue weighted by Gasteiger charge is 2.17. The quantitative estimate of drug-likeness (QED) is 0.644. The standard InChI is InChI=1S/C24H30N2O4/c1-28-16-26-23(20-10-9-18-6-4-5-7-19(18)15-20)24(27)25-13-12-17-8-11-21(29-2)22(14-17)30-3/h8-11,14-15H,4-7,12-13,16H2,1-3H3,(H,25,27)/b26-23-. The average Bonchev–Trinajstić information content (AvgIpc) is 2.79. The average molecular weight is 411 g/mol. The second-order valence-electron chi connectivity index (χ2n) is 7.31. The fourth-order valence-corrected chi connectivity index (χ4v) is 3.74. The summed E-state index contributed by atoms with van der Waals surface area (Å²) in [5, 5.41) is 2.99. The largest absolute Gasteiger partial charge is 0.493 e. The number of fused-ring (bicyclic) bond motifs is 1. The van der Waals surface area contributed by atoms with Crippen LogP contribution in [0.25, 0.3) is 0 Å². The number of methoxy groups -OCH3 is 3. The van der Waals surface area contributed by atoms with E-state index >= 15 is 0 Å². The van der Waals surface area contributed by atoms with Gasteiger partial charge in [-0.25, -0.2) is 0 Å². The second-order valence-corrected chi connectivity index (χ2v) is 7.31. The number of aryl methyl sites for hydroxylation is 2. The number of amides is 1. The molecule has 6 nitrogen and oxygen atoms in total. The van der Waals surface area contributed by atoms with Gasteiger partial charge < -0.3 is 19.5 Å². The zero-order valence-corrected chi connectivity index (χ0v) is 18.0. The van der Waals surface area contributed by atoms with Crippen LogP contribution in [-0.4, -0.2) is 46.2 Å². The van der Waals surface area contributed by atoms with Crippen LogP contribution in [-0.2, 0) is 28.8 Å². The second kappa shape index (κ2) is 10.8. The van der Waals surface area contributed by atoms with E-state index in [1.54, 1.807) is 21.3 Å². The first-order valence-corrected chi connectivity index (χ1v) is 10.3. The molecule has 3 rings (SSSR count). The van der Waals surface area contributed by atoms with E-state index in [2.05, 4.69) is 22.4 Å². The van der Waals surface area contributed by atoms with Gasteiger partial charge in [0.05, 0.1) is 14.2 Å². The zero-order valence-electron chi connectivity index (χ0n) is 18.0. The van der Waals surface area contributed by atoms with Crippen molar-refractivity contribution in [2.75, 3.05) is 34.6 Å². The van der Waals surface area contributed by atoms with E-state index in [4.69, 9.17) is 14.2 Å². The first kappa shape index (κ1) is 21.8. The molecule has 0 fully saturated rings. The number of ether oxygens (including phenoxy) is 3. The van der Waals surface area contributed by atoms with Crippen molar-refractivity contribution in [2.24, 2.45) is 4.99 Å². The maximum absolute atomic E-state index is 12.9. The number of nitrogens with zero attached hydrogens (tertiary/aromatic N) is 1. The van der Waals surface area contributed by atoms with E-state index in [1.807, 2.05) is 24.3 Å². The Hall–Kier alpha value is -2.86. The molecule has 2 aromatic carbocycles. The first-order valence-electron chi connectivity index (χ1n) is 10.3. The summed E-state index contributed by atoms with van der Waals surface area (Å²) in [4.78, 5) is 17.3. The number of aliphatic imine (C=N–C) groups is 1. The molecule has 0 saturated carbocycles. The van der Waals surface area contributed by atoms with Crippen LogP contribution in [0.5, 0.6) is 11.5 Å². The van der Waals surface area contributed by atoms with E-state index in [0.717, 1.165) is 24.0 Å². The van der Waals surface area contributed by atoms with Gasteiger partial charge in [0.25, 0.3) is 5.91 Å². The highest BCUT2D eigenvalue weighted by atomic mass is 16.5. The van der Waals surface area contributed by atoms with Crippen LogP contribution in [0.3, 0.4) is 0 Å². The molecule has 0 spiro atoms. The normalized spacial score (nSPS) is 13.5. The van der Waals surface area contributed by atoms with Gasteiger partial charge in [0.2, 0.25) is 0 Å². The third kappa shape index (κ3) is 5.39. The van der Waals surface area contributed by atoms with Gasteiger partial charge in [-0.1, -0.05) is 18.2 Å². The predicted molar refractivity (Wildman–Crippen MR) is 118 cm³/mol. The molecule has 0 aliphatic heterocycles. The van der Waals surface area contributed by atoms with Crippen molar-refractivity contribution in [3.05, 3.63) is 58.7 Å². The minimum absolute atomic E-state index is 0.148. The Morgan fingerprint density at radius 2 is 1.73 bits per heavy atom. The van der Waals surface area contributed by atoms with Crippen LogP contribution in [0.4, 0.5) is 0 Å². The Labute approximate surface area is 178 Å². The summed E-state index contributed by atoms with van der Waals surface area (Å²) in [6.07, 6.45) is 5.26. The highest BCUT2D eigenvalue weighted by molar-refractivity contribution is 6.45. The molecule has 30 heavy (non-hydrogen) atoms. The summed E-state index contributed by atoms with van der Waals surface area (Å²) < 4.78 is 15.7. The van der Waals surface area contributed by atoms with Crippen LogP contribution in [0, 0.1) is 0 Å². The summed E-state index contributed by atoms with van der Waals surface area (Å²) >= 11 is 0. The van der Waals surface area contributed by atoms with E-state index in [9.17, 15) is 4.79 Å². The molecule has 1 N–H and O–H groups in total. The molecule has 0 unspecified atom stereocenters. The Balaban J connectivity index is 1.68. The maximum Gasteiger partial charge on any atom is 0.270 e. The lowest BCUT2D eigenvalue weighted by Gasteiger charge is -2.17. The minimum Gasteiger partial charge on any atom is -0.493 e. The van der Waals surface area contributed by atoms with Crippen molar-refractivity contribution < 1.29 is 19.0 Å². The van der Waals surface area contributed by atoms with Crippen molar-refractivity contribution in [3.63, 3.8) is 0 Å². The van der Waals surface area contributed by atoms with E-state index < -0.39 is 0 Å². The number of hydrogen-bond donors (Lipinski definition) is 1. The van der Waals surface area contributed by atoms with Crippen LogP contribution in [0.1, 0.15) is 35.1 Å². The predicted octanol–water partition coefficient (Wildman–Crippen LogP) is 3.33. The molecule has 0 heterocycles. The van der Waals surface area contributed by atoms with E-state index in [1.165, 1.54) is 24.0 Å². The molecule has 2 aromatic rings. The van der Waals surface area contributed by atoms with Gasteiger partial charge >= 0.3 is 0 Å². The van der Waals surface area contributed by atoms with E-state index in [0.29, 0.717) is 30.2 Å². The molecular weight excluding hydrogens is 380 g/mol. The molecule has 0 radical (unpaired) electrons. The van der Waals surface area contributed by atoms with Gasteiger partial charge in [0.15, 0.2) is 11.5 Å². The van der Waals surface area contributed by atoms with Crippen LogP contribution >= 0.6 is 0 Å². The molecule has 1 aliphatic rings. The molecule has 0 bridgehead atoms. The van der Waals surface area contributed by atoms with Crippen molar-refractivity contribution in [1.82, 2.24) is 5.32 Å². The monoisotopic (exact) mass is 410 g/mol. The lowest BCUT2D eigenvalue weighted by atomic mass is 9.89. The molecule has 1 amide bonds. The van der Waals surface area contributed by atoms with Crippen LogP contribution in [0.15, 0.2) is 41.4 Å². The lowest BCUT2D eigenvalue weighted by Crippen LogP contribution is -2.33. The molecular formula is C24H30N2O4. The number of carbonyl (C=O) groups excluding carboxylic acids is 1. The molecule has 0 saturated heterocycles. The van der Waals surface area contributed by atoms with Gasteiger partial charge in [-0.2, -0.15) is 0 Å². The van der Waals surface area contributed by atoms with Gasteiger partial charge in [0, 0.05) is 19.2 Å². The lowest BCUT2D eigenvalue weighted by molar-refractivity contribution is -0.114. The van der Waals surface area contributed by atoms with Gasteiger partial charge in [-0.05, 0) is 67.0 Å². The molecule has 0 atom stereocenters. The summed E-state index contributed by atoms with van der Waals surface area (Å²) in [5.74, 6) is 1.17. The van der Waals surface area contributed by atoms with Crippen molar-refractivity contribution >= 4 is 11.6 Å². The number of rotatable bonds is 9. The van der Waals surface area contributed by atoms with Crippen molar-refractivity contribution in [1.29, 1.82) is 0 Å². The smallest absolute Gasteiger partial charge is 0.270 e. The summed E-state index contributed by atoms with van der Waals surface area (Å²) in [6.45, 7) is 0.640. The number of benzene rings is 2. The van der Waals surface area contributed by atoms with Gasteiger partial charge in [0.1, 0.15) is 12.4 Å². The van der Waals surface area contributed by atoms with Crippen molar-refractivity contribution in [2.45, 2.75) is 32.1 Å². The maximum atomic E-state index is 12.9. The van der Waals surface area contributed by atoms with Crippen molar-refractivity contribution in [3.8, 4) is 11.5 Å². The third-order valence-electron chi connectivity index (χ3n) is 5.34. The van der Waals surface area contributed by atoms with E-state index in [-0.39, 0.29) is 12.6 Å². The molecule has 160 valence electrons. The topological polar surface area (TPSA) is 69.2 Å². The summed E-state index contributed by atoms with van der Waals surface area (Å²) in [5.41, 5.74) is 5.01. The van der Waals surface area contributed by atoms with Crippen LogP contribution in [0.2, 0.25) is 0 Å².